The van der Waals surface area contributed by atoms with Gasteiger partial charge in [0.05, 0.1) is 30.8 Å². The smallest absolute Gasteiger partial charge is 0.407 e. The number of carbonyl (C=O) groups is 2. The van der Waals surface area contributed by atoms with Crippen molar-refractivity contribution in [1.82, 2.24) is 15.2 Å². The predicted molar refractivity (Wildman–Crippen MR) is 167 cm³/mol. The molecule has 1 fully saturated rings. The average Bonchev–Trinajstić information content (AvgIpc) is 3.05. The van der Waals surface area contributed by atoms with Gasteiger partial charge >= 0.3 is 6.09 Å². The van der Waals surface area contributed by atoms with Crippen LogP contribution < -0.4 is 10.6 Å². The number of benzene rings is 3. The zero-order valence-electron chi connectivity index (χ0n) is 25.3. The predicted octanol–water partition coefficient (Wildman–Crippen LogP) is 6.27. The lowest BCUT2D eigenvalue weighted by Gasteiger charge is -2.33. The number of ether oxygens (including phenoxy) is 1. The van der Waals surface area contributed by atoms with Gasteiger partial charge in [0.1, 0.15) is 23.3 Å². The second-order valence-corrected chi connectivity index (χ2v) is 11.4. The number of aromatic nitrogens is 1. The lowest BCUT2D eigenvalue weighted by Crippen LogP contribution is -2.52. The van der Waals surface area contributed by atoms with Gasteiger partial charge in [-0.25, -0.2) is 22.4 Å². The Balaban J connectivity index is 1.17. The molecule has 0 aliphatic carbocycles. The van der Waals surface area contributed by atoms with Crippen LogP contribution in [0.1, 0.15) is 41.0 Å². The van der Waals surface area contributed by atoms with E-state index in [-0.39, 0.29) is 55.9 Å². The molecule has 0 unspecified atom stereocenters. The quantitative estimate of drug-likeness (QED) is 0.156. The summed E-state index contributed by atoms with van der Waals surface area (Å²) in [6, 6.07) is 16.8. The number of pyridine rings is 1. The van der Waals surface area contributed by atoms with Crippen molar-refractivity contribution in [2.45, 2.75) is 43.9 Å². The van der Waals surface area contributed by atoms with Gasteiger partial charge < -0.3 is 25.4 Å². The molecule has 12 heteroatoms. The summed E-state index contributed by atoms with van der Waals surface area (Å²) in [5.41, 5.74) is 2.45. The molecule has 1 saturated heterocycles. The zero-order valence-corrected chi connectivity index (χ0v) is 25.3. The van der Waals surface area contributed by atoms with E-state index < -0.39 is 41.2 Å². The second-order valence-electron chi connectivity index (χ2n) is 11.4. The molecule has 47 heavy (non-hydrogen) atoms. The number of carbonyl (C=O) groups excluding carboxylic acids is 1. The molecule has 4 aromatic rings. The number of carboxylic acid groups (broad SMARTS) is 1. The maximum Gasteiger partial charge on any atom is 0.407 e. The van der Waals surface area contributed by atoms with E-state index in [2.05, 4.69) is 15.6 Å². The van der Waals surface area contributed by atoms with Gasteiger partial charge in [-0.05, 0) is 65.9 Å². The maximum atomic E-state index is 15.0. The first-order valence-corrected chi connectivity index (χ1v) is 15.1. The molecule has 3 N–H and O–H groups in total. The molecular formula is C35H34F4N4O4. The largest absolute Gasteiger partial charge is 0.465 e. The van der Waals surface area contributed by atoms with Crippen LogP contribution >= 0.6 is 0 Å². The van der Waals surface area contributed by atoms with Gasteiger partial charge in [-0.2, -0.15) is 0 Å². The Bertz CT molecular complexity index is 1600. The van der Waals surface area contributed by atoms with Crippen molar-refractivity contribution in [3.8, 4) is 0 Å². The average molecular weight is 651 g/mol. The van der Waals surface area contributed by atoms with Crippen LogP contribution in [0.25, 0.3) is 0 Å². The van der Waals surface area contributed by atoms with Crippen molar-refractivity contribution < 1.29 is 37.0 Å². The van der Waals surface area contributed by atoms with E-state index in [9.17, 15) is 32.3 Å². The lowest BCUT2D eigenvalue weighted by molar-refractivity contribution is -0.116. The fourth-order valence-electron chi connectivity index (χ4n) is 5.59. The lowest BCUT2D eigenvalue weighted by atomic mass is 9.88. The molecule has 2 atom stereocenters. The van der Waals surface area contributed by atoms with E-state index in [0.29, 0.717) is 29.7 Å². The summed E-state index contributed by atoms with van der Waals surface area (Å²) in [5.74, 6) is -2.78. The number of morpholine rings is 1. The summed E-state index contributed by atoms with van der Waals surface area (Å²) in [6.07, 6.45) is 1.61. The normalized spacial score (nSPS) is 16.2. The van der Waals surface area contributed by atoms with Crippen LogP contribution in [0, 0.1) is 23.3 Å². The first-order valence-electron chi connectivity index (χ1n) is 15.1. The fourth-order valence-corrected chi connectivity index (χ4v) is 5.59. The van der Waals surface area contributed by atoms with Crippen LogP contribution in [0.3, 0.4) is 0 Å². The Hall–Kier alpha value is -4.81. The van der Waals surface area contributed by atoms with Crippen molar-refractivity contribution in [2.24, 2.45) is 0 Å². The molecule has 2 amide bonds. The number of hydrogen-bond acceptors (Lipinski definition) is 5. The standard InChI is InChI=1S/C35H34F4N4O4/c36-25-7-1-22(2-8-25)19-43(35(45)46)20-28-21-47-29(16-41-28)13-14-30-32(39)17-40-18-33(30)42-34(44)15-31(23-3-9-26(37)10-4-23)24-5-11-27(38)12-6-24/h1-12,17-18,28-29,31,41H,13-16,19-21H2,(H,42,44)(H,45,46)/t28-,29+/m0/s1. The number of halogens is 4. The minimum Gasteiger partial charge on any atom is -0.465 e. The van der Waals surface area contributed by atoms with Crippen LogP contribution in [-0.2, 0) is 22.5 Å². The van der Waals surface area contributed by atoms with Gasteiger partial charge in [-0.1, -0.05) is 36.4 Å². The highest BCUT2D eigenvalue weighted by Crippen LogP contribution is 2.30. The molecule has 0 radical (unpaired) electrons. The van der Waals surface area contributed by atoms with Gasteiger partial charge in [-0.3, -0.25) is 9.78 Å². The molecule has 1 aliphatic heterocycles. The highest BCUT2D eigenvalue weighted by molar-refractivity contribution is 5.92. The summed E-state index contributed by atoms with van der Waals surface area (Å²) in [5, 5.41) is 15.7. The number of amides is 2. The van der Waals surface area contributed by atoms with E-state index in [4.69, 9.17) is 4.74 Å². The maximum absolute atomic E-state index is 15.0. The van der Waals surface area contributed by atoms with E-state index in [1.54, 1.807) is 24.3 Å². The van der Waals surface area contributed by atoms with E-state index in [1.165, 1.54) is 59.6 Å². The van der Waals surface area contributed by atoms with Gasteiger partial charge in [0.15, 0.2) is 0 Å². The Labute approximate surface area is 269 Å². The molecule has 0 bridgehead atoms. The Morgan fingerprint density at radius 3 is 2.06 bits per heavy atom. The minimum atomic E-state index is -1.11. The Kier molecular flexibility index (Phi) is 11.2. The highest BCUT2D eigenvalue weighted by atomic mass is 19.1. The molecule has 0 spiro atoms. The Morgan fingerprint density at radius 1 is 0.915 bits per heavy atom. The molecule has 1 aliphatic rings. The van der Waals surface area contributed by atoms with E-state index >= 15 is 0 Å². The molecular weight excluding hydrogens is 616 g/mol. The molecule has 1 aromatic heterocycles. The highest BCUT2D eigenvalue weighted by Gasteiger charge is 2.26. The first kappa shape index (κ1) is 33.6. The molecule has 3 aromatic carbocycles. The van der Waals surface area contributed by atoms with Crippen molar-refractivity contribution in [2.75, 3.05) is 25.0 Å². The summed E-state index contributed by atoms with van der Waals surface area (Å²) < 4.78 is 61.4. The van der Waals surface area contributed by atoms with Crippen LogP contribution in [0.5, 0.6) is 0 Å². The summed E-state index contributed by atoms with van der Waals surface area (Å²) in [7, 11) is 0. The molecule has 8 nitrogen and oxygen atoms in total. The molecule has 2 heterocycles. The zero-order chi connectivity index (χ0) is 33.3. The third kappa shape index (κ3) is 9.36. The third-order valence-corrected chi connectivity index (χ3v) is 8.09. The van der Waals surface area contributed by atoms with Crippen molar-refractivity contribution in [1.29, 1.82) is 0 Å². The number of hydrogen-bond donors (Lipinski definition) is 3. The summed E-state index contributed by atoms with van der Waals surface area (Å²) >= 11 is 0. The molecule has 246 valence electrons. The van der Waals surface area contributed by atoms with Crippen LogP contribution in [0.4, 0.5) is 28.0 Å². The monoisotopic (exact) mass is 650 g/mol. The topological polar surface area (TPSA) is 104 Å². The summed E-state index contributed by atoms with van der Waals surface area (Å²) in [6.45, 7) is 0.890. The molecule has 0 saturated carbocycles. The van der Waals surface area contributed by atoms with Gasteiger partial charge in [0.2, 0.25) is 5.91 Å². The number of nitrogens with one attached hydrogen (secondary N) is 2. The van der Waals surface area contributed by atoms with Crippen LogP contribution in [0.15, 0.2) is 85.2 Å². The van der Waals surface area contributed by atoms with Crippen molar-refractivity contribution in [3.05, 3.63) is 131 Å². The number of anilines is 1. The molecule has 5 rings (SSSR count). The minimum absolute atomic E-state index is 0.0707. The SMILES string of the molecule is O=C(CC(c1ccc(F)cc1)c1ccc(F)cc1)Nc1cncc(F)c1CC[C@@H]1CN[C@@H](CN(Cc2ccc(F)cc2)C(=O)O)CO1. The third-order valence-electron chi connectivity index (χ3n) is 8.09. The number of nitrogens with zero attached hydrogens (tertiary/aromatic N) is 2. The van der Waals surface area contributed by atoms with Gasteiger partial charge in [0, 0.05) is 43.6 Å². The van der Waals surface area contributed by atoms with E-state index in [1.807, 2.05) is 0 Å². The van der Waals surface area contributed by atoms with Crippen LogP contribution in [-0.4, -0.2) is 58.8 Å². The van der Waals surface area contributed by atoms with Gasteiger partial charge in [-0.15, -0.1) is 0 Å². The van der Waals surface area contributed by atoms with Gasteiger partial charge in [0.25, 0.3) is 0 Å². The second kappa shape index (κ2) is 15.7. The number of rotatable bonds is 12. The fraction of sp³-hybridized carbons (Fsp3) is 0.286. The Morgan fingerprint density at radius 2 is 1.51 bits per heavy atom. The summed E-state index contributed by atoms with van der Waals surface area (Å²) in [4.78, 5) is 30.2. The van der Waals surface area contributed by atoms with Crippen molar-refractivity contribution >= 4 is 17.7 Å². The van der Waals surface area contributed by atoms with Crippen LogP contribution in [0.2, 0.25) is 0 Å². The van der Waals surface area contributed by atoms with Crippen molar-refractivity contribution in [3.63, 3.8) is 0 Å². The van der Waals surface area contributed by atoms with E-state index in [0.717, 1.165) is 6.20 Å². The first-order chi connectivity index (χ1) is 22.6.